The number of rotatable bonds is 5. The third kappa shape index (κ3) is 4.35. The normalized spacial score (nSPS) is 18.0. The summed E-state index contributed by atoms with van der Waals surface area (Å²) in [6.45, 7) is 1.08. The van der Waals surface area contributed by atoms with E-state index < -0.39 is 0 Å². The van der Waals surface area contributed by atoms with Gasteiger partial charge < -0.3 is 10.6 Å². The van der Waals surface area contributed by atoms with E-state index in [4.69, 9.17) is 28.9 Å². The van der Waals surface area contributed by atoms with Crippen LogP contribution < -0.4 is 5.73 Å². The van der Waals surface area contributed by atoms with E-state index >= 15 is 0 Å². The Balaban J connectivity index is 1.77. The first-order valence-corrected chi connectivity index (χ1v) is 7.74. The summed E-state index contributed by atoms with van der Waals surface area (Å²) in [6, 6.07) is 5.50. The molecule has 21 heavy (non-hydrogen) atoms. The molecule has 0 bridgehead atoms. The van der Waals surface area contributed by atoms with Crippen molar-refractivity contribution in [2.24, 2.45) is 11.7 Å². The Bertz CT molecular complexity index is 548. The molecule has 0 aromatic heterocycles. The minimum Gasteiger partial charge on any atom is -0.369 e. The number of nitrogens with two attached hydrogens (primary N) is 1. The zero-order valence-corrected chi connectivity index (χ0v) is 13.2. The molecular formula is C15H18Cl2N2O2. The summed E-state index contributed by atoms with van der Waals surface area (Å²) >= 11 is 11.8. The van der Waals surface area contributed by atoms with Crippen LogP contribution in [0.25, 0.3) is 0 Å². The fraction of sp³-hybridized carbons (Fsp3) is 0.467. The van der Waals surface area contributed by atoms with Crippen LogP contribution in [0.4, 0.5) is 0 Å². The van der Waals surface area contributed by atoms with Crippen molar-refractivity contribution < 1.29 is 9.59 Å². The second-order valence-electron chi connectivity index (χ2n) is 5.33. The van der Waals surface area contributed by atoms with Gasteiger partial charge in [0.05, 0.1) is 16.0 Å². The Hall–Kier alpha value is -1.26. The van der Waals surface area contributed by atoms with Gasteiger partial charge in [-0.1, -0.05) is 29.3 Å². The molecule has 1 saturated heterocycles. The van der Waals surface area contributed by atoms with Gasteiger partial charge in [-0.15, -0.1) is 0 Å². The van der Waals surface area contributed by atoms with Crippen LogP contribution in [0, 0.1) is 5.92 Å². The van der Waals surface area contributed by atoms with E-state index in [0.717, 1.165) is 18.4 Å². The molecule has 1 atom stereocenters. The van der Waals surface area contributed by atoms with E-state index in [-0.39, 0.29) is 17.7 Å². The highest BCUT2D eigenvalue weighted by molar-refractivity contribution is 6.42. The predicted molar refractivity (Wildman–Crippen MR) is 83.3 cm³/mol. The maximum atomic E-state index is 12.1. The second-order valence-corrected chi connectivity index (χ2v) is 6.14. The number of aryl methyl sites for hydroxylation is 1. The van der Waals surface area contributed by atoms with Crippen LogP contribution in [0.15, 0.2) is 18.2 Å². The van der Waals surface area contributed by atoms with Gasteiger partial charge in [0, 0.05) is 19.5 Å². The van der Waals surface area contributed by atoms with E-state index in [0.29, 0.717) is 36.0 Å². The summed E-state index contributed by atoms with van der Waals surface area (Å²) in [5, 5.41) is 1.07. The monoisotopic (exact) mass is 328 g/mol. The Kier molecular flexibility index (Phi) is 5.48. The van der Waals surface area contributed by atoms with Crippen molar-refractivity contribution in [1.82, 2.24) is 4.90 Å². The van der Waals surface area contributed by atoms with Crippen LogP contribution in [0.5, 0.6) is 0 Å². The number of halogens is 2. The number of carbonyl (C=O) groups excluding carboxylic acids is 2. The van der Waals surface area contributed by atoms with Gasteiger partial charge in [0.1, 0.15) is 0 Å². The Morgan fingerprint density at radius 1 is 1.29 bits per heavy atom. The first-order chi connectivity index (χ1) is 9.97. The number of amides is 2. The van der Waals surface area contributed by atoms with E-state index in [1.165, 1.54) is 0 Å². The fourth-order valence-corrected chi connectivity index (χ4v) is 2.84. The van der Waals surface area contributed by atoms with Gasteiger partial charge >= 0.3 is 0 Å². The average molecular weight is 329 g/mol. The van der Waals surface area contributed by atoms with Gasteiger partial charge in [-0.05, 0) is 37.0 Å². The molecule has 6 heteroatoms. The number of hydrogen-bond acceptors (Lipinski definition) is 2. The lowest BCUT2D eigenvalue weighted by Gasteiger charge is -2.15. The largest absolute Gasteiger partial charge is 0.369 e. The molecule has 114 valence electrons. The minimum atomic E-state index is -0.318. The summed E-state index contributed by atoms with van der Waals surface area (Å²) in [6.07, 6.45) is 2.66. The highest BCUT2D eigenvalue weighted by Gasteiger charge is 2.29. The van der Waals surface area contributed by atoms with Gasteiger partial charge in [-0.2, -0.15) is 0 Å². The van der Waals surface area contributed by atoms with Crippen molar-refractivity contribution in [2.45, 2.75) is 25.7 Å². The topological polar surface area (TPSA) is 63.4 Å². The molecular weight excluding hydrogens is 311 g/mol. The molecule has 1 aromatic carbocycles. The van der Waals surface area contributed by atoms with E-state index in [2.05, 4.69) is 0 Å². The quantitative estimate of drug-likeness (QED) is 0.903. The van der Waals surface area contributed by atoms with Crippen molar-refractivity contribution in [2.75, 3.05) is 13.1 Å². The molecule has 1 aliphatic rings. The molecule has 0 radical (unpaired) electrons. The van der Waals surface area contributed by atoms with Crippen molar-refractivity contribution in [3.8, 4) is 0 Å². The summed E-state index contributed by atoms with van der Waals surface area (Å²) in [5.41, 5.74) is 6.33. The maximum absolute atomic E-state index is 12.1. The summed E-state index contributed by atoms with van der Waals surface area (Å²) < 4.78 is 0. The maximum Gasteiger partial charge on any atom is 0.222 e. The van der Waals surface area contributed by atoms with Gasteiger partial charge in [-0.3, -0.25) is 9.59 Å². The lowest BCUT2D eigenvalue weighted by Crippen LogP contribution is -2.31. The number of benzene rings is 1. The summed E-state index contributed by atoms with van der Waals surface area (Å²) in [4.78, 5) is 24.9. The summed E-state index contributed by atoms with van der Waals surface area (Å²) in [5.74, 6) is -0.427. The number of carbonyl (C=O) groups is 2. The average Bonchev–Trinajstić information content (AvgIpc) is 2.92. The number of hydrogen-bond donors (Lipinski definition) is 1. The fourth-order valence-electron chi connectivity index (χ4n) is 2.52. The van der Waals surface area contributed by atoms with E-state index in [1.54, 1.807) is 11.0 Å². The molecule has 0 unspecified atom stereocenters. The number of primary amides is 1. The van der Waals surface area contributed by atoms with Crippen molar-refractivity contribution in [3.63, 3.8) is 0 Å². The molecule has 4 nitrogen and oxygen atoms in total. The second kappa shape index (κ2) is 7.14. The SMILES string of the molecule is NC(=O)[C@@H]1CCN(C(=O)CCCc2ccc(Cl)c(Cl)c2)C1. The van der Waals surface area contributed by atoms with Crippen molar-refractivity contribution in [3.05, 3.63) is 33.8 Å². The molecule has 1 fully saturated rings. The lowest BCUT2D eigenvalue weighted by molar-refractivity contribution is -0.130. The standard InChI is InChI=1S/C15H18Cl2N2O2/c16-12-5-4-10(8-13(12)17)2-1-3-14(20)19-7-6-11(9-19)15(18)21/h4-5,8,11H,1-3,6-7,9H2,(H2,18,21)/t11-/m1/s1. The highest BCUT2D eigenvalue weighted by atomic mass is 35.5. The molecule has 2 N–H and O–H groups in total. The van der Waals surface area contributed by atoms with E-state index in [1.807, 2.05) is 12.1 Å². The van der Waals surface area contributed by atoms with E-state index in [9.17, 15) is 9.59 Å². The Morgan fingerprint density at radius 3 is 2.67 bits per heavy atom. The third-order valence-corrected chi connectivity index (χ3v) is 4.52. The Morgan fingerprint density at radius 2 is 2.05 bits per heavy atom. The van der Waals surface area contributed by atoms with Crippen LogP contribution in [0.2, 0.25) is 10.0 Å². The molecule has 2 amide bonds. The molecule has 1 aromatic rings. The van der Waals surface area contributed by atoms with Gasteiger partial charge in [0.2, 0.25) is 11.8 Å². The smallest absolute Gasteiger partial charge is 0.222 e. The predicted octanol–water partition coefficient (Wildman–Crippen LogP) is 2.65. The molecule has 1 aliphatic heterocycles. The first kappa shape index (κ1) is 16.1. The van der Waals surface area contributed by atoms with Crippen LogP contribution >= 0.6 is 23.2 Å². The van der Waals surface area contributed by atoms with Gasteiger partial charge in [-0.25, -0.2) is 0 Å². The third-order valence-electron chi connectivity index (χ3n) is 3.78. The van der Waals surface area contributed by atoms with Gasteiger partial charge in [0.25, 0.3) is 0 Å². The summed E-state index contributed by atoms with van der Waals surface area (Å²) in [7, 11) is 0. The highest BCUT2D eigenvalue weighted by Crippen LogP contribution is 2.23. The van der Waals surface area contributed by atoms with Crippen molar-refractivity contribution >= 4 is 35.0 Å². The van der Waals surface area contributed by atoms with Gasteiger partial charge in [0.15, 0.2) is 0 Å². The molecule has 0 spiro atoms. The zero-order chi connectivity index (χ0) is 15.4. The van der Waals surface area contributed by atoms with Crippen LogP contribution in [-0.2, 0) is 16.0 Å². The minimum absolute atomic E-state index is 0.0822. The van der Waals surface area contributed by atoms with Crippen LogP contribution in [-0.4, -0.2) is 29.8 Å². The van der Waals surface area contributed by atoms with Crippen LogP contribution in [0.1, 0.15) is 24.8 Å². The zero-order valence-electron chi connectivity index (χ0n) is 11.6. The number of nitrogens with zero attached hydrogens (tertiary/aromatic N) is 1. The molecule has 2 rings (SSSR count). The Labute approximate surface area is 134 Å². The first-order valence-electron chi connectivity index (χ1n) is 6.98. The number of likely N-dealkylation sites (tertiary alicyclic amines) is 1. The molecule has 0 aliphatic carbocycles. The molecule has 0 saturated carbocycles. The van der Waals surface area contributed by atoms with Crippen LogP contribution in [0.3, 0.4) is 0 Å². The molecule has 1 heterocycles. The van der Waals surface area contributed by atoms with Crippen molar-refractivity contribution in [1.29, 1.82) is 0 Å². The lowest BCUT2D eigenvalue weighted by atomic mass is 10.1.